The second-order valence-electron chi connectivity index (χ2n) is 6.47. The van der Waals surface area contributed by atoms with E-state index in [1.807, 2.05) is 4.90 Å². The van der Waals surface area contributed by atoms with Crippen molar-refractivity contribution in [3.05, 3.63) is 28.8 Å². The zero-order valence-corrected chi connectivity index (χ0v) is 14.3. The van der Waals surface area contributed by atoms with Crippen LogP contribution in [0.5, 0.6) is 0 Å². The molecular weight excluding hydrogens is 314 g/mol. The summed E-state index contributed by atoms with van der Waals surface area (Å²) < 4.78 is 0. The number of amides is 2. The molecule has 0 spiro atoms. The van der Waals surface area contributed by atoms with Crippen molar-refractivity contribution in [2.75, 3.05) is 25.5 Å². The number of halogens is 1. The molecule has 0 radical (unpaired) electrons. The van der Waals surface area contributed by atoms with Gasteiger partial charge in [0.15, 0.2) is 0 Å². The van der Waals surface area contributed by atoms with Crippen LogP contribution in [0.3, 0.4) is 0 Å². The van der Waals surface area contributed by atoms with E-state index in [9.17, 15) is 9.59 Å². The molecule has 6 heteroatoms. The lowest BCUT2D eigenvalue weighted by Gasteiger charge is -2.26. The van der Waals surface area contributed by atoms with E-state index in [-0.39, 0.29) is 11.8 Å². The number of rotatable bonds is 2. The summed E-state index contributed by atoms with van der Waals surface area (Å²) in [6.07, 6.45) is 3.37. The van der Waals surface area contributed by atoms with Gasteiger partial charge in [0.05, 0.1) is 10.6 Å². The maximum absolute atomic E-state index is 12.9. The minimum absolute atomic E-state index is 0.0526. The number of hydrogen-bond acceptors (Lipinski definition) is 3. The Morgan fingerprint density at radius 2 is 1.96 bits per heavy atom. The molecule has 124 valence electrons. The zero-order valence-electron chi connectivity index (χ0n) is 13.5. The molecule has 2 aliphatic rings. The highest BCUT2D eigenvalue weighted by molar-refractivity contribution is 6.34. The number of likely N-dealkylation sites (tertiary alicyclic amines) is 1. The van der Waals surface area contributed by atoms with Gasteiger partial charge in [-0.3, -0.25) is 14.5 Å². The maximum Gasteiger partial charge on any atom is 0.255 e. The zero-order chi connectivity index (χ0) is 16.6. The van der Waals surface area contributed by atoms with Crippen LogP contribution in [-0.2, 0) is 4.79 Å². The smallest absolute Gasteiger partial charge is 0.255 e. The van der Waals surface area contributed by atoms with E-state index in [0.29, 0.717) is 28.4 Å². The Hall–Kier alpha value is -1.59. The van der Waals surface area contributed by atoms with Gasteiger partial charge in [0, 0.05) is 37.8 Å². The fraction of sp³-hybridized carbons (Fsp3) is 0.529. The van der Waals surface area contributed by atoms with Gasteiger partial charge in [-0.1, -0.05) is 11.6 Å². The number of nitrogens with one attached hydrogen (secondary N) is 1. The first-order chi connectivity index (χ1) is 11.0. The summed E-state index contributed by atoms with van der Waals surface area (Å²) in [5, 5.41) is 3.12. The van der Waals surface area contributed by atoms with E-state index in [2.05, 4.69) is 17.3 Å². The van der Waals surface area contributed by atoms with Crippen molar-refractivity contribution in [2.24, 2.45) is 0 Å². The lowest BCUT2D eigenvalue weighted by Crippen LogP contribution is -2.39. The van der Waals surface area contributed by atoms with Gasteiger partial charge in [0.1, 0.15) is 0 Å². The predicted molar refractivity (Wildman–Crippen MR) is 90.8 cm³/mol. The summed E-state index contributed by atoms with van der Waals surface area (Å²) in [6.45, 7) is 2.94. The van der Waals surface area contributed by atoms with Crippen molar-refractivity contribution in [3.8, 4) is 0 Å². The summed E-state index contributed by atoms with van der Waals surface area (Å²) in [7, 11) is 2.15. The van der Waals surface area contributed by atoms with E-state index in [0.717, 1.165) is 25.9 Å². The molecule has 1 N–H and O–H groups in total. The SMILES string of the molecule is CC(=O)Nc1ccc(Cl)c(C(=O)N2CC[C@@H]3CC[C@H](C2)N3C)c1. The normalized spacial score (nSPS) is 24.4. The monoisotopic (exact) mass is 335 g/mol. The Morgan fingerprint density at radius 3 is 2.70 bits per heavy atom. The average Bonchev–Trinajstić information content (AvgIpc) is 2.73. The van der Waals surface area contributed by atoms with E-state index >= 15 is 0 Å². The van der Waals surface area contributed by atoms with Crippen LogP contribution in [0.4, 0.5) is 5.69 Å². The molecule has 2 amide bonds. The average molecular weight is 336 g/mol. The molecule has 1 aromatic carbocycles. The molecular formula is C17H22ClN3O2. The molecule has 0 aromatic heterocycles. The van der Waals surface area contributed by atoms with Gasteiger partial charge >= 0.3 is 0 Å². The first kappa shape index (κ1) is 16.3. The first-order valence-corrected chi connectivity index (χ1v) is 8.42. The Kier molecular flexibility index (Phi) is 4.60. The van der Waals surface area contributed by atoms with Gasteiger partial charge in [-0.15, -0.1) is 0 Å². The van der Waals surface area contributed by atoms with Gasteiger partial charge in [-0.2, -0.15) is 0 Å². The van der Waals surface area contributed by atoms with Crippen LogP contribution in [-0.4, -0.2) is 53.8 Å². The van der Waals surface area contributed by atoms with Crippen LogP contribution >= 0.6 is 11.6 Å². The minimum Gasteiger partial charge on any atom is -0.337 e. The van der Waals surface area contributed by atoms with Gasteiger partial charge in [-0.25, -0.2) is 0 Å². The van der Waals surface area contributed by atoms with Gasteiger partial charge in [-0.05, 0) is 44.5 Å². The molecule has 0 aliphatic carbocycles. The fourth-order valence-corrected chi connectivity index (χ4v) is 3.83. The number of carbonyl (C=O) groups is 2. The molecule has 2 atom stereocenters. The molecule has 3 rings (SSSR count). The Bertz CT molecular complexity index is 634. The number of carbonyl (C=O) groups excluding carboxylic acids is 2. The third-order valence-electron chi connectivity index (χ3n) is 4.95. The van der Waals surface area contributed by atoms with Crippen LogP contribution in [0.1, 0.15) is 36.5 Å². The largest absolute Gasteiger partial charge is 0.337 e. The lowest BCUT2D eigenvalue weighted by molar-refractivity contribution is -0.114. The third-order valence-corrected chi connectivity index (χ3v) is 5.28. The van der Waals surface area contributed by atoms with E-state index in [1.165, 1.54) is 13.3 Å². The highest BCUT2D eigenvalue weighted by atomic mass is 35.5. The van der Waals surface area contributed by atoms with E-state index in [1.54, 1.807) is 18.2 Å². The van der Waals surface area contributed by atoms with Gasteiger partial charge in [0.2, 0.25) is 5.91 Å². The summed E-state index contributed by atoms with van der Waals surface area (Å²) in [4.78, 5) is 28.4. The second kappa shape index (κ2) is 6.49. The third kappa shape index (κ3) is 3.35. The molecule has 2 bridgehead atoms. The fourth-order valence-electron chi connectivity index (χ4n) is 3.63. The Labute approximate surface area is 141 Å². The summed E-state index contributed by atoms with van der Waals surface area (Å²) in [5.41, 5.74) is 1.05. The predicted octanol–water partition coefficient (Wildman–Crippen LogP) is 2.61. The van der Waals surface area contributed by atoms with Crippen molar-refractivity contribution in [2.45, 2.75) is 38.3 Å². The topological polar surface area (TPSA) is 52.7 Å². The molecule has 2 heterocycles. The summed E-state index contributed by atoms with van der Waals surface area (Å²) in [6, 6.07) is 6.05. The van der Waals surface area contributed by atoms with Crippen LogP contribution in [0.25, 0.3) is 0 Å². The number of likely N-dealkylation sites (N-methyl/N-ethyl adjacent to an activating group) is 1. The van der Waals surface area contributed by atoms with E-state index < -0.39 is 0 Å². The highest BCUT2D eigenvalue weighted by Crippen LogP contribution is 2.30. The minimum atomic E-state index is -0.167. The van der Waals surface area contributed by atoms with Crippen molar-refractivity contribution in [1.29, 1.82) is 0 Å². The summed E-state index contributed by atoms with van der Waals surface area (Å²) in [5.74, 6) is -0.220. The molecule has 2 aliphatic heterocycles. The molecule has 0 unspecified atom stereocenters. The first-order valence-electron chi connectivity index (χ1n) is 8.04. The molecule has 2 saturated heterocycles. The Balaban J connectivity index is 1.81. The standard InChI is InChI=1S/C17H22ClN3O2/c1-11(22)19-12-3-6-16(18)15(9-12)17(23)21-8-7-13-4-5-14(10-21)20(13)2/h3,6,9,13-14H,4-5,7-8,10H2,1-2H3,(H,19,22)/t13-,14+/m0/s1. The number of anilines is 1. The van der Waals surface area contributed by atoms with Crippen LogP contribution in [0.2, 0.25) is 5.02 Å². The van der Waals surface area contributed by atoms with Gasteiger partial charge < -0.3 is 10.2 Å². The maximum atomic E-state index is 12.9. The van der Waals surface area contributed by atoms with Crippen LogP contribution in [0, 0.1) is 0 Å². The number of fused-ring (bicyclic) bond motifs is 2. The van der Waals surface area contributed by atoms with Crippen LogP contribution in [0.15, 0.2) is 18.2 Å². The number of nitrogens with zero attached hydrogens (tertiary/aromatic N) is 2. The number of benzene rings is 1. The molecule has 5 nitrogen and oxygen atoms in total. The molecule has 1 aromatic rings. The van der Waals surface area contributed by atoms with Crippen molar-refractivity contribution < 1.29 is 9.59 Å². The van der Waals surface area contributed by atoms with Gasteiger partial charge in [0.25, 0.3) is 5.91 Å². The highest BCUT2D eigenvalue weighted by Gasteiger charge is 2.36. The van der Waals surface area contributed by atoms with Crippen molar-refractivity contribution in [1.82, 2.24) is 9.80 Å². The van der Waals surface area contributed by atoms with Crippen LogP contribution < -0.4 is 5.32 Å². The van der Waals surface area contributed by atoms with E-state index in [4.69, 9.17) is 11.6 Å². The lowest BCUT2D eigenvalue weighted by atomic mass is 10.1. The molecule has 2 fully saturated rings. The quantitative estimate of drug-likeness (QED) is 0.904. The molecule has 23 heavy (non-hydrogen) atoms. The molecule has 0 saturated carbocycles. The second-order valence-corrected chi connectivity index (χ2v) is 6.87. The van der Waals surface area contributed by atoms with Crippen molar-refractivity contribution in [3.63, 3.8) is 0 Å². The Morgan fingerprint density at radius 1 is 1.22 bits per heavy atom. The summed E-state index contributed by atoms with van der Waals surface area (Å²) >= 11 is 6.22. The number of hydrogen-bond donors (Lipinski definition) is 1. The van der Waals surface area contributed by atoms with Crippen molar-refractivity contribution >= 4 is 29.1 Å².